The van der Waals surface area contributed by atoms with Crippen LogP contribution in [-0.4, -0.2) is 13.1 Å². The summed E-state index contributed by atoms with van der Waals surface area (Å²) in [5, 5.41) is 3.21. The van der Waals surface area contributed by atoms with Crippen molar-refractivity contribution in [1.29, 1.82) is 0 Å². The van der Waals surface area contributed by atoms with E-state index < -0.39 is 0 Å². The molecular formula is C17H21FN2O. The first-order valence-corrected chi connectivity index (χ1v) is 7.45. The fourth-order valence-corrected chi connectivity index (χ4v) is 2.69. The minimum atomic E-state index is -0.159. The molecule has 0 spiro atoms. The molecular weight excluding hydrogens is 267 g/mol. The Morgan fingerprint density at radius 1 is 1.33 bits per heavy atom. The molecule has 1 heterocycles. The van der Waals surface area contributed by atoms with Gasteiger partial charge in [0.25, 0.3) is 0 Å². The molecule has 1 N–H and O–H groups in total. The lowest BCUT2D eigenvalue weighted by Gasteiger charge is -2.28. The number of rotatable bonds is 6. The van der Waals surface area contributed by atoms with Crippen LogP contribution in [0.15, 0.2) is 41.0 Å². The molecule has 1 saturated carbocycles. The molecule has 0 radical (unpaired) electrons. The molecule has 3 rings (SSSR count). The first kappa shape index (κ1) is 14.1. The summed E-state index contributed by atoms with van der Waals surface area (Å²) in [5.74, 6) is 0.710. The van der Waals surface area contributed by atoms with Crippen molar-refractivity contribution in [1.82, 2.24) is 5.32 Å². The van der Waals surface area contributed by atoms with Gasteiger partial charge in [0, 0.05) is 12.1 Å². The van der Waals surface area contributed by atoms with Gasteiger partial charge in [-0.15, -0.1) is 0 Å². The molecule has 1 aromatic heterocycles. The molecule has 0 saturated heterocycles. The summed E-state index contributed by atoms with van der Waals surface area (Å²) in [6.07, 6.45) is 3.89. The van der Waals surface area contributed by atoms with Crippen molar-refractivity contribution in [3.8, 4) is 0 Å². The van der Waals surface area contributed by atoms with E-state index in [1.54, 1.807) is 18.4 Å². The largest absolute Gasteiger partial charge is 0.467 e. The van der Waals surface area contributed by atoms with Crippen LogP contribution in [0.25, 0.3) is 0 Å². The number of hydrogen-bond donors (Lipinski definition) is 1. The smallest absolute Gasteiger partial charge is 0.146 e. The van der Waals surface area contributed by atoms with Crippen molar-refractivity contribution in [3.63, 3.8) is 0 Å². The summed E-state index contributed by atoms with van der Waals surface area (Å²) in [6, 6.07) is 9.65. The van der Waals surface area contributed by atoms with E-state index in [2.05, 4.69) is 17.1 Å². The van der Waals surface area contributed by atoms with E-state index in [0.29, 0.717) is 18.3 Å². The van der Waals surface area contributed by atoms with Crippen LogP contribution in [0.4, 0.5) is 10.1 Å². The Kier molecular flexibility index (Phi) is 3.97. The number of anilines is 1. The second kappa shape index (κ2) is 5.90. The van der Waals surface area contributed by atoms with Gasteiger partial charge in [0.15, 0.2) is 0 Å². The van der Waals surface area contributed by atoms with E-state index in [1.807, 2.05) is 25.2 Å². The molecule has 0 bridgehead atoms. The molecule has 0 aliphatic heterocycles. The van der Waals surface area contributed by atoms with Crippen molar-refractivity contribution >= 4 is 5.69 Å². The second-order valence-corrected chi connectivity index (χ2v) is 5.63. The molecule has 0 amide bonds. The maximum atomic E-state index is 14.5. The van der Waals surface area contributed by atoms with E-state index in [-0.39, 0.29) is 11.9 Å². The number of furan rings is 1. The average Bonchev–Trinajstić information content (AvgIpc) is 3.21. The van der Waals surface area contributed by atoms with Gasteiger partial charge in [-0.1, -0.05) is 12.1 Å². The van der Waals surface area contributed by atoms with Crippen LogP contribution >= 0.6 is 0 Å². The van der Waals surface area contributed by atoms with Crippen LogP contribution in [0.5, 0.6) is 0 Å². The Balaban J connectivity index is 1.98. The number of para-hydroxylation sites is 1. The number of nitrogens with one attached hydrogen (secondary N) is 1. The predicted molar refractivity (Wildman–Crippen MR) is 81.8 cm³/mol. The maximum absolute atomic E-state index is 14.5. The Labute approximate surface area is 124 Å². The highest BCUT2D eigenvalue weighted by atomic mass is 19.1. The Morgan fingerprint density at radius 3 is 2.76 bits per heavy atom. The second-order valence-electron chi connectivity index (χ2n) is 5.63. The van der Waals surface area contributed by atoms with Crippen molar-refractivity contribution in [3.05, 3.63) is 53.7 Å². The van der Waals surface area contributed by atoms with E-state index >= 15 is 0 Å². The highest BCUT2D eigenvalue weighted by Gasteiger charge is 2.33. The van der Waals surface area contributed by atoms with Crippen LogP contribution < -0.4 is 10.2 Å². The first-order chi connectivity index (χ1) is 10.2. The fourth-order valence-electron chi connectivity index (χ4n) is 2.69. The summed E-state index contributed by atoms with van der Waals surface area (Å²) >= 11 is 0. The standard InChI is InChI=1S/C17H21FN2O/c1-12(19-2)15-6-3-7-16(18)17(15)20(13-8-9-13)11-14-5-4-10-21-14/h3-7,10,12-13,19H,8-9,11H2,1-2H3. The minimum absolute atomic E-state index is 0.105. The third-order valence-corrected chi connectivity index (χ3v) is 4.10. The lowest BCUT2D eigenvalue weighted by Crippen LogP contribution is -2.28. The summed E-state index contributed by atoms with van der Waals surface area (Å²) < 4.78 is 20.0. The molecule has 4 heteroatoms. The third-order valence-electron chi connectivity index (χ3n) is 4.10. The first-order valence-electron chi connectivity index (χ1n) is 7.45. The number of nitrogens with zero attached hydrogens (tertiary/aromatic N) is 1. The zero-order valence-electron chi connectivity index (χ0n) is 12.5. The van der Waals surface area contributed by atoms with E-state index in [1.165, 1.54) is 0 Å². The maximum Gasteiger partial charge on any atom is 0.146 e. The topological polar surface area (TPSA) is 28.4 Å². The molecule has 1 fully saturated rings. The van der Waals surface area contributed by atoms with Crippen LogP contribution in [-0.2, 0) is 6.54 Å². The monoisotopic (exact) mass is 288 g/mol. The van der Waals surface area contributed by atoms with Crippen molar-refractivity contribution < 1.29 is 8.81 Å². The van der Waals surface area contributed by atoms with Gasteiger partial charge < -0.3 is 14.6 Å². The molecule has 3 nitrogen and oxygen atoms in total. The number of benzene rings is 1. The average molecular weight is 288 g/mol. The van der Waals surface area contributed by atoms with Gasteiger partial charge in [0.2, 0.25) is 0 Å². The Hall–Kier alpha value is -1.81. The Bertz CT molecular complexity index is 593. The summed E-state index contributed by atoms with van der Waals surface area (Å²) in [7, 11) is 1.90. The molecule has 21 heavy (non-hydrogen) atoms. The van der Waals surface area contributed by atoms with E-state index in [4.69, 9.17) is 4.42 Å². The SMILES string of the molecule is CNC(C)c1cccc(F)c1N(Cc1ccco1)C1CC1. The van der Waals surface area contributed by atoms with Gasteiger partial charge in [-0.25, -0.2) is 4.39 Å². The lowest BCUT2D eigenvalue weighted by molar-refractivity contribution is 0.497. The highest BCUT2D eigenvalue weighted by molar-refractivity contribution is 5.57. The van der Waals surface area contributed by atoms with Crippen LogP contribution in [0.3, 0.4) is 0 Å². The molecule has 1 unspecified atom stereocenters. The van der Waals surface area contributed by atoms with E-state index in [9.17, 15) is 4.39 Å². The van der Waals surface area contributed by atoms with Crippen molar-refractivity contribution in [2.45, 2.75) is 38.4 Å². The summed E-state index contributed by atoms with van der Waals surface area (Å²) in [4.78, 5) is 2.15. The zero-order valence-corrected chi connectivity index (χ0v) is 12.5. The van der Waals surface area contributed by atoms with E-state index in [0.717, 1.165) is 24.2 Å². The molecule has 2 aromatic rings. The molecule has 1 aliphatic carbocycles. The quantitative estimate of drug-likeness (QED) is 0.874. The minimum Gasteiger partial charge on any atom is -0.467 e. The van der Waals surface area contributed by atoms with Crippen molar-refractivity contribution in [2.24, 2.45) is 0 Å². The number of hydrogen-bond acceptors (Lipinski definition) is 3. The number of halogens is 1. The molecule has 1 atom stereocenters. The zero-order chi connectivity index (χ0) is 14.8. The normalized spacial score (nSPS) is 16.0. The van der Waals surface area contributed by atoms with Gasteiger partial charge in [-0.3, -0.25) is 0 Å². The Morgan fingerprint density at radius 2 is 2.14 bits per heavy atom. The van der Waals surface area contributed by atoms with Gasteiger partial charge in [-0.2, -0.15) is 0 Å². The van der Waals surface area contributed by atoms with Crippen LogP contribution in [0, 0.1) is 5.82 Å². The molecule has 1 aromatic carbocycles. The lowest BCUT2D eigenvalue weighted by atomic mass is 10.0. The van der Waals surface area contributed by atoms with Crippen LogP contribution in [0.1, 0.15) is 37.1 Å². The summed E-state index contributed by atoms with van der Waals surface area (Å²) in [6.45, 7) is 2.66. The predicted octanol–water partition coefficient (Wildman–Crippen LogP) is 3.87. The summed E-state index contributed by atoms with van der Waals surface area (Å²) in [5.41, 5.74) is 1.70. The van der Waals surface area contributed by atoms with Gasteiger partial charge in [0.05, 0.1) is 18.5 Å². The van der Waals surface area contributed by atoms with Gasteiger partial charge in [0.1, 0.15) is 11.6 Å². The highest BCUT2D eigenvalue weighted by Crippen LogP contribution is 2.38. The van der Waals surface area contributed by atoms with Gasteiger partial charge in [-0.05, 0) is 50.6 Å². The van der Waals surface area contributed by atoms with Gasteiger partial charge >= 0.3 is 0 Å². The van der Waals surface area contributed by atoms with Crippen LogP contribution in [0.2, 0.25) is 0 Å². The third kappa shape index (κ3) is 2.95. The molecule has 112 valence electrons. The van der Waals surface area contributed by atoms with Crippen molar-refractivity contribution in [2.75, 3.05) is 11.9 Å². The fraction of sp³-hybridized carbons (Fsp3) is 0.412. The molecule has 1 aliphatic rings.